The molecule has 0 aromatic heterocycles. The van der Waals surface area contributed by atoms with Crippen LogP contribution >= 0.6 is 0 Å². The SMILES string of the molecule is Cc1cc(N(c2ccc(-c3ccccc3)cc2)c2ccc3c(c2)C(C)(C)c2ccccc2-3)c(C)cc1-c1ccccc1-c1ccccc1. The summed E-state index contributed by atoms with van der Waals surface area (Å²) >= 11 is 0. The molecule has 0 aliphatic heterocycles. The number of fused-ring (bicyclic) bond motifs is 3. The molecular formula is C47H39N. The van der Waals surface area contributed by atoms with Crippen LogP contribution in [-0.4, -0.2) is 0 Å². The van der Waals surface area contributed by atoms with Crippen molar-refractivity contribution < 1.29 is 0 Å². The monoisotopic (exact) mass is 617 g/mol. The zero-order valence-corrected chi connectivity index (χ0v) is 28.0. The van der Waals surface area contributed by atoms with E-state index in [1.807, 2.05) is 0 Å². The molecular weight excluding hydrogens is 579 g/mol. The Morgan fingerprint density at radius 3 is 1.62 bits per heavy atom. The summed E-state index contributed by atoms with van der Waals surface area (Å²) in [6.07, 6.45) is 0. The van der Waals surface area contributed by atoms with Gasteiger partial charge in [0.1, 0.15) is 0 Å². The Labute approximate surface area is 284 Å². The normalized spacial score (nSPS) is 12.8. The molecule has 0 saturated heterocycles. The number of benzene rings is 7. The Morgan fingerprint density at radius 2 is 0.917 bits per heavy atom. The third kappa shape index (κ3) is 5.04. The molecule has 232 valence electrons. The molecule has 0 bridgehead atoms. The second-order valence-electron chi connectivity index (χ2n) is 13.5. The molecule has 1 nitrogen and oxygen atoms in total. The predicted molar refractivity (Wildman–Crippen MR) is 204 cm³/mol. The molecule has 0 atom stereocenters. The second kappa shape index (κ2) is 11.9. The summed E-state index contributed by atoms with van der Waals surface area (Å²) < 4.78 is 0. The van der Waals surface area contributed by atoms with Crippen molar-refractivity contribution in [2.45, 2.75) is 33.1 Å². The lowest BCUT2D eigenvalue weighted by atomic mass is 9.82. The minimum absolute atomic E-state index is 0.0826. The first-order chi connectivity index (χ1) is 23.4. The lowest BCUT2D eigenvalue weighted by Crippen LogP contribution is -2.17. The van der Waals surface area contributed by atoms with E-state index < -0.39 is 0 Å². The highest BCUT2D eigenvalue weighted by atomic mass is 15.1. The summed E-state index contributed by atoms with van der Waals surface area (Å²) in [6.45, 7) is 9.21. The van der Waals surface area contributed by atoms with Crippen LogP contribution in [-0.2, 0) is 5.41 Å². The van der Waals surface area contributed by atoms with E-state index in [0.29, 0.717) is 0 Å². The third-order valence-corrected chi connectivity index (χ3v) is 10.1. The van der Waals surface area contributed by atoms with Gasteiger partial charge in [0.25, 0.3) is 0 Å². The van der Waals surface area contributed by atoms with Gasteiger partial charge in [0.15, 0.2) is 0 Å². The lowest BCUT2D eigenvalue weighted by molar-refractivity contribution is 0.660. The van der Waals surface area contributed by atoms with Gasteiger partial charge in [-0.3, -0.25) is 0 Å². The van der Waals surface area contributed by atoms with E-state index in [1.54, 1.807) is 0 Å². The highest BCUT2D eigenvalue weighted by Crippen LogP contribution is 2.51. The average Bonchev–Trinajstić information content (AvgIpc) is 3.36. The molecule has 0 amide bonds. The van der Waals surface area contributed by atoms with Crippen LogP contribution in [0.2, 0.25) is 0 Å². The van der Waals surface area contributed by atoms with Crippen molar-refractivity contribution in [3.63, 3.8) is 0 Å². The summed E-state index contributed by atoms with van der Waals surface area (Å²) in [5.41, 5.74) is 18.8. The first kappa shape index (κ1) is 29.7. The Bertz CT molecular complexity index is 2260. The summed E-state index contributed by atoms with van der Waals surface area (Å²) in [5, 5.41) is 0. The Kier molecular flexibility index (Phi) is 7.34. The van der Waals surface area contributed by atoms with Crippen LogP contribution in [0.1, 0.15) is 36.1 Å². The zero-order valence-electron chi connectivity index (χ0n) is 28.0. The van der Waals surface area contributed by atoms with Crippen LogP contribution in [0.25, 0.3) is 44.5 Å². The quantitative estimate of drug-likeness (QED) is 0.179. The molecule has 0 N–H and O–H groups in total. The van der Waals surface area contributed by atoms with Crippen molar-refractivity contribution in [3.8, 4) is 44.5 Å². The fourth-order valence-electron chi connectivity index (χ4n) is 7.61. The van der Waals surface area contributed by atoms with Crippen molar-refractivity contribution in [2.24, 2.45) is 0 Å². The smallest absolute Gasteiger partial charge is 0.0493 e. The number of hydrogen-bond donors (Lipinski definition) is 0. The first-order valence-electron chi connectivity index (χ1n) is 16.9. The molecule has 48 heavy (non-hydrogen) atoms. The molecule has 0 unspecified atom stereocenters. The maximum absolute atomic E-state index is 2.45. The number of anilines is 3. The standard InChI is InChI=1S/C47H39N/c1-32-30-46(33(2)29-43(32)40-20-12-11-19-39(40)36-17-9-6-10-18-36)48(37-25-23-35(24-26-37)34-15-7-5-8-16-34)38-27-28-42-41-21-13-14-22-44(41)47(3,4)45(42)31-38/h5-31H,1-4H3. The second-order valence-corrected chi connectivity index (χ2v) is 13.5. The lowest BCUT2D eigenvalue weighted by Gasteiger charge is -2.30. The molecule has 7 aromatic carbocycles. The van der Waals surface area contributed by atoms with Gasteiger partial charge in [-0.1, -0.05) is 141 Å². The minimum Gasteiger partial charge on any atom is -0.310 e. The van der Waals surface area contributed by atoms with E-state index in [2.05, 4.69) is 196 Å². The fourth-order valence-corrected chi connectivity index (χ4v) is 7.61. The Morgan fingerprint density at radius 1 is 0.375 bits per heavy atom. The number of nitrogens with zero attached hydrogens (tertiary/aromatic N) is 1. The Balaban J connectivity index is 1.28. The van der Waals surface area contributed by atoms with Crippen molar-refractivity contribution in [1.29, 1.82) is 0 Å². The van der Waals surface area contributed by atoms with E-state index in [0.717, 1.165) is 5.69 Å². The van der Waals surface area contributed by atoms with Crippen molar-refractivity contribution in [2.75, 3.05) is 4.90 Å². The summed E-state index contributed by atoms with van der Waals surface area (Å²) in [4.78, 5) is 2.45. The summed E-state index contributed by atoms with van der Waals surface area (Å²) in [6, 6.07) is 59.8. The van der Waals surface area contributed by atoms with Gasteiger partial charge in [0.2, 0.25) is 0 Å². The number of aryl methyl sites for hydroxylation is 2. The van der Waals surface area contributed by atoms with Gasteiger partial charge in [0, 0.05) is 22.5 Å². The van der Waals surface area contributed by atoms with Gasteiger partial charge in [0.05, 0.1) is 0 Å². The van der Waals surface area contributed by atoms with Gasteiger partial charge in [-0.15, -0.1) is 0 Å². The molecule has 8 rings (SSSR count). The van der Waals surface area contributed by atoms with Crippen LogP contribution in [0.15, 0.2) is 164 Å². The molecule has 1 heteroatoms. The minimum atomic E-state index is -0.0826. The molecule has 1 aliphatic carbocycles. The molecule has 7 aromatic rings. The third-order valence-electron chi connectivity index (χ3n) is 10.1. The molecule has 0 spiro atoms. The maximum atomic E-state index is 2.45. The van der Waals surface area contributed by atoms with Crippen LogP contribution in [0.4, 0.5) is 17.1 Å². The zero-order chi connectivity index (χ0) is 32.8. The van der Waals surface area contributed by atoms with Gasteiger partial charge in [-0.2, -0.15) is 0 Å². The van der Waals surface area contributed by atoms with Crippen LogP contribution in [0.3, 0.4) is 0 Å². The van der Waals surface area contributed by atoms with Crippen molar-refractivity contribution >= 4 is 17.1 Å². The highest BCUT2D eigenvalue weighted by molar-refractivity contribution is 5.90. The maximum Gasteiger partial charge on any atom is 0.0493 e. The largest absolute Gasteiger partial charge is 0.310 e. The van der Waals surface area contributed by atoms with E-state index in [1.165, 1.54) is 78.1 Å². The van der Waals surface area contributed by atoms with Crippen LogP contribution < -0.4 is 4.90 Å². The van der Waals surface area contributed by atoms with E-state index in [4.69, 9.17) is 0 Å². The highest BCUT2D eigenvalue weighted by Gasteiger charge is 2.35. The summed E-state index contributed by atoms with van der Waals surface area (Å²) in [5.74, 6) is 0. The molecule has 0 heterocycles. The first-order valence-corrected chi connectivity index (χ1v) is 16.9. The predicted octanol–water partition coefficient (Wildman–Crippen LogP) is 13.1. The summed E-state index contributed by atoms with van der Waals surface area (Å²) in [7, 11) is 0. The Hall–Kier alpha value is -5.66. The van der Waals surface area contributed by atoms with Gasteiger partial charge < -0.3 is 4.90 Å². The molecule has 1 aliphatic rings. The fraction of sp³-hybridized carbons (Fsp3) is 0.106. The van der Waals surface area contributed by atoms with E-state index in [-0.39, 0.29) is 5.41 Å². The van der Waals surface area contributed by atoms with E-state index in [9.17, 15) is 0 Å². The van der Waals surface area contributed by atoms with Crippen molar-refractivity contribution in [1.82, 2.24) is 0 Å². The van der Waals surface area contributed by atoms with Gasteiger partial charge in [-0.25, -0.2) is 0 Å². The van der Waals surface area contributed by atoms with Crippen LogP contribution in [0, 0.1) is 13.8 Å². The number of hydrogen-bond acceptors (Lipinski definition) is 1. The molecule has 0 saturated carbocycles. The van der Waals surface area contributed by atoms with E-state index >= 15 is 0 Å². The number of rotatable bonds is 6. The molecule has 0 fully saturated rings. The average molecular weight is 618 g/mol. The van der Waals surface area contributed by atoms with Gasteiger partial charge >= 0.3 is 0 Å². The molecule has 0 radical (unpaired) electrons. The van der Waals surface area contributed by atoms with Gasteiger partial charge in [-0.05, 0) is 117 Å². The van der Waals surface area contributed by atoms with Crippen LogP contribution in [0.5, 0.6) is 0 Å². The van der Waals surface area contributed by atoms with Crippen molar-refractivity contribution in [3.05, 3.63) is 186 Å². The topological polar surface area (TPSA) is 3.24 Å².